The third-order valence-corrected chi connectivity index (χ3v) is 4.15. The summed E-state index contributed by atoms with van der Waals surface area (Å²) < 4.78 is 5.93. The largest absolute Gasteiger partial charge is 0.493 e. The minimum atomic E-state index is 0.646. The molecule has 0 heterocycles. The molecule has 0 aliphatic heterocycles. The highest BCUT2D eigenvalue weighted by molar-refractivity contribution is 5.36. The van der Waals surface area contributed by atoms with Crippen molar-refractivity contribution in [3.8, 4) is 5.75 Å². The maximum absolute atomic E-state index is 5.93. The zero-order valence-corrected chi connectivity index (χ0v) is 12.3. The molecule has 0 saturated heterocycles. The fraction of sp³-hybridized carbons (Fsp3) is 0.647. The molecule has 1 aromatic rings. The van der Waals surface area contributed by atoms with E-state index in [9.17, 15) is 0 Å². The summed E-state index contributed by atoms with van der Waals surface area (Å²) in [5.41, 5.74) is 1.41. The number of nitrogens with one attached hydrogen (secondary N) is 1. The van der Waals surface area contributed by atoms with Crippen molar-refractivity contribution in [1.82, 2.24) is 5.32 Å². The molecule has 0 spiro atoms. The third kappa shape index (κ3) is 3.97. The van der Waals surface area contributed by atoms with Crippen molar-refractivity contribution in [3.63, 3.8) is 0 Å². The summed E-state index contributed by atoms with van der Waals surface area (Å²) in [6, 6.07) is 9.28. The molecule has 2 rings (SSSR count). The van der Waals surface area contributed by atoms with Crippen LogP contribution in [0.3, 0.4) is 0 Å². The lowest BCUT2D eigenvalue weighted by atomic mass is 9.89. The molecule has 1 fully saturated rings. The maximum atomic E-state index is 5.93. The van der Waals surface area contributed by atoms with Gasteiger partial charge in [0.25, 0.3) is 0 Å². The van der Waals surface area contributed by atoms with Crippen molar-refractivity contribution >= 4 is 0 Å². The molecule has 2 atom stereocenters. The van der Waals surface area contributed by atoms with Crippen LogP contribution in [0.1, 0.15) is 56.9 Å². The van der Waals surface area contributed by atoms with Gasteiger partial charge in [-0.25, -0.2) is 0 Å². The first-order valence-corrected chi connectivity index (χ1v) is 7.74. The minimum Gasteiger partial charge on any atom is -0.493 e. The van der Waals surface area contributed by atoms with Gasteiger partial charge in [-0.2, -0.15) is 0 Å². The van der Waals surface area contributed by atoms with Crippen LogP contribution >= 0.6 is 0 Å². The van der Waals surface area contributed by atoms with Gasteiger partial charge in [0.2, 0.25) is 0 Å². The Morgan fingerprint density at radius 2 is 2.00 bits per heavy atom. The molecular weight excluding hydrogens is 234 g/mol. The van der Waals surface area contributed by atoms with Gasteiger partial charge in [0.1, 0.15) is 5.75 Å². The Hall–Kier alpha value is -1.02. The van der Waals surface area contributed by atoms with Gasteiger partial charge >= 0.3 is 0 Å². The van der Waals surface area contributed by atoms with Gasteiger partial charge in [0.15, 0.2) is 0 Å². The van der Waals surface area contributed by atoms with E-state index in [-0.39, 0.29) is 0 Å². The van der Waals surface area contributed by atoms with E-state index in [0.29, 0.717) is 12.0 Å². The fourth-order valence-corrected chi connectivity index (χ4v) is 3.07. The quantitative estimate of drug-likeness (QED) is 0.805. The second-order valence-corrected chi connectivity index (χ2v) is 5.59. The van der Waals surface area contributed by atoms with Crippen molar-refractivity contribution in [1.29, 1.82) is 0 Å². The van der Waals surface area contributed by atoms with E-state index in [1.165, 1.54) is 37.7 Å². The van der Waals surface area contributed by atoms with Crippen LogP contribution in [0.2, 0.25) is 0 Å². The van der Waals surface area contributed by atoms with Gasteiger partial charge in [0.05, 0.1) is 6.61 Å². The smallest absolute Gasteiger partial charge is 0.122 e. The molecule has 1 saturated carbocycles. The Bertz CT molecular complexity index is 377. The topological polar surface area (TPSA) is 21.3 Å². The van der Waals surface area contributed by atoms with Crippen molar-refractivity contribution in [2.75, 3.05) is 13.7 Å². The first kappa shape index (κ1) is 14.4. The van der Waals surface area contributed by atoms with Crippen molar-refractivity contribution < 1.29 is 4.74 Å². The summed E-state index contributed by atoms with van der Waals surface area (Å²) >= 11 is 0. The fourth-order valence-electron chi connectivity index (χ4n) is 3.07. The number of hydrogen-bond donors (Lipinski definition) is 1. The molecule has 2 nitrogen and oxygen atoms in total. The van der Waals surface area contributed by atoms with E-state index in [2.05, 4.69) is 43.6 Å². The van der Waals surface area contributed by atoms with E-state index in [1.54, 1.807) is 0 Å². The highest BCUT2D eigenvalue weighted by atomic mass is 16.5. The number of para-hydroxylation sites is 1. The molecule has 1 aromatic carbocycles. The average molecular weight is 261 g/mol. The number of ether oxygens (including phenoxy) is 1. The van der Waals surface area contributed by atoms with Crippen LogP contribution in [-0.4, -0.2) is 19.7 Å². The van der Waals surface area contributed by atoms with Crippen molar-refractivity contribution in [2.24, 2.45) is 0 Å². The van der Waals surface area contributed by atoms with E-state index in [0.717, 1.165) is 18.8 Å². The standard InChI is InChI=1S/C17H27NO/c1-3-12-19-17-11-7-6-10-16(17)14-8-4-5-9-15(13-14)18-2/h6-7,10-11,14-15,18H,3-5,8-9,12-13H2,1-2H3. The molecule has 0 radical (unpaired) electrons. The maximum Gasteiger partial charge on any atom is 0.122 e. The molecule has 2 heteroatoms. The summed E-state index contributed by atoms with van der Waals surface area (Å²) in [6.45, 7) is 2.98. The monoisotopic (exact) mass is 261 g/mol. The molecule has 1 N–H and O–H groups in total. The predicted molar refractivity (Wildman–Crippen MR) is 80.9 cm³/mol. The lowest BCUT2D eigenvalue weighted by Crippen LogP contribution is -2.25. The Balaban J connectivity index is 2.14. The molecular formula is C17H27NO. The highest BCUT2D eigenvalue weighted by Gasteiger charge is 2.22. The van der Waals surface area contributed by atoms with Gasteiger partial charge < -0.3 is 10.1 Å². The molecule has 2 unspecified atom stereocenters. The third-order valence-electron chi connectivity index (χ3n) is 4.15. The molecule has 0 bridgehead atoms. The predicted octanol–water partition coefficient (Wildman–Crippen LogP) is 4.11. The Labute approximate surface area is 117 Å². The molecule has 106 valence electrons. The van der Waals surface area contributed by atoms with Gasteiger partial charge in [-0.1, -0.05) is 38.0 Å². The Morgan fingerprint density at radius 1 is 1.21 bits per heavy atom. The van der Waals surface area contributed by atoms with Crippen LogP contribution in [0.15, 0.2) is 24.3 Å². The second kappa shape index (κ2) is 7.54. The zero-order valence-electron chi connectivity index (χ0n) is 12.3. The SMILES string of the molecule is CCCOc1ccccc1C1CCCCC(NC)C1. The van der Waals surface area contributed by atoms with Crippen LogP contribution in [-0.2, 0) is 0 Å². The molecule has 0 amide bonds. The van der Waals surface area contributed by atoms with Crippen LogP contribution in [0.5, 0.6) is 5.75 Å². The van der Waals surface area contributed by atoms with Crippen LogP contribution in [0.4, 0.5) is 0 Å². The first-order chi connectivity index (χ1) is 9.35. The van der Waals surface area contributed by atoms with Crippen LogP contribution in [0.25, 0.3) is 0 Å². The van der Waals surface area contributed by atoms with Crippen molar-refractivity contribution in [2.45, 2.75) is 57.4 Å². The number of hydrogen-bond acceptors (Lipinski definition) is 2. The summed E-state index contributed by atoms with van der Waals surface area (Å²) in [7, 11) is 2.09. The summed E-state index contributed by atoms with van der Waals surface area (Å²) in [5.74, 6) is 1.75. The Morgan fingerprint density at radius 3 is 2.79 bits per heavy atom. The Kier molecular flexibility index (Phi) is 5.71. The van der Waals surface area contributed by atoms with E-state index in [1.807, 2.05) is 0 Å². The molecule has 1 aliphatic rings. The second-order valence-electron chi connectivity index (χ2n) is 5.59. The summed E-state index contributed by atoms with van der Waals surface area (Å²) in [6.07, 6.45) is 7.60. The first-order valence-electron chi connectivity index (χ1n) is 7.74. The zero-order chi connectivity index (χ0) is 13.5. The van der Waals surface area contributed by atoms with Gasteiger partial charge in [-0.3, -0.25) is 0 Å². The van der Waals surface area contributed by atoms with E-state index >= 15 is 0 Å². The van der Waals surface area contributed by atoms with Crippen LogP contribution in [0, 0.1) is 0 Å². The van der Waals surface area contributed by atoms with Crippen LogP contribution < -0.4 is 10.1 Å². The van der Waals surface area contributed by atoms with Crippen molar-refractivity contribution in [3.05, 3.63) is 29.8 Å². The highest BCUT2D eigenvalue weighted by Crippen LogP contribution is 2.36. The molecule has 19 heavy (non-hydrogen) atoms. The molecule has 0 aromatic heterocycles. The van der Waals surface area contributed by atoms with Gasteiger partial charge in [-0.05, 0) is 50.3 Å². The summed E-state index contributed by atoms with van der Waals surface area (Å²) in [4.78, 5) is 0. The molecule has 1 aliphatic carbocycles. The minimum absolute atomic E-state index is 0.646. The lowest BCUT2D eigenvalue weighted by Gasteiger charge is -2.22. The normalized spacial score (nSPS) is 23.9. The number of benzene rings is 1. The van der Waals surface area contributed by atoms with E-state index in [4.69, 9.17) is 4.74 Å². The summed E-state index contributed by atoms with van der Waals surface area (Å²) in [5, 5.41) is 3.47. The van der Waals surface area contributed by atoms with E-state index < -0.39 is 0 Å². The van der Waals surface area contributed by atoms with Gasteiger partial charge in [0, 0.05) is 6.04 Å². The average Bonchev–Trinajstić information content (AvgIpc) is 2.70. The number of rotatable bonds is 5. The lowest BCUT2D eigenvalue weighted by molar-refractivity contribution is 0.310. The van der Waals surface area contributed by atoms with Gasteiger partial charge in [-0.15, -0.1) is 0 Å².